The lowest BCUT2D eigenvalue weighted by Gasteiger charge is -2.13. The van der Waals surface area contributed by atoms with Crippen molar-refractivity contribution < 1.29 is 14.0 Å². The van der Waals surface area contributed by atoms with E-state index in [9.17, 15) is 9.59 Å². The van der Waals surface area contributed by atoms with Crippen LogP contribution in [0.4, 0.5) is 0 Å². The number of rotatable bonds is 7. The molecule has 2 rings (SSSR count). The summed E-state index contributed by atoms with van der Waals surface area (Å²) in [6, 6.07) is 8.00. The largest absolute Gasteiger partial charge is 0.415 e. The van der Waals surface area contributed by atoms with E-state index in [0.29, 0.717) is 27.4 Å². The topological polar surface area (TPSA) is 46.6 Å². The fraction of sp³-hybridized carbons (Fsp3) is 0.467. The maximum absolute atomic E-state index is 12.1. The first-order valence-electron chi connectivity index (χ1n) is 6.95. The molecule has 5 heteroatoms. The first-order valence-corrected chi connectivity index (χ1v) is 8.06. The maximum Gasteiger partial charge on any atom is 0.261 e. The zero-order valence-electron chi connectivity index (χ0n) is 11.9. The van der Waals surface area contributed by atoms with Gasteiger partial charge in [0.1, 0.15) is 0 Å². The molecule has 4 nitrogen and oxygen atoms in total. The van der Waals surface area contributed by atoms with E-state index in [1.165, 1.54) is 4.90 Å². The molecule has 1 aromatic carbocycles. The average molecular weight is 289 g/mol. The predicted octanol–water partition coefficient (Wildman–Crippen LogP) is 2.53. The Labute approximate surface area is 122 Å². The van der Waals surface area contributed by atoms with Crippen LogP contribution >= 0.6 is 0 Å². The highest BCUT2D eigenvalue weighted by Gasteiger charge is 2.34. The van der Waals surface area contributed by atoms with E-state index in [1.54, 1.807) is 24.3 Å². The van der Waals surface area contributed by atoms with E-state index in [4.69, 9.17) is 4.43 Å². The Morgan fingerprint density at radius 3 is 2.25 bits per heavy atom. The number of carbonyl (C=O) groups excluding carboxylic acids is 2. The minimum Gasteiger partial charge on any atom is -0.415 e. The summed E-state index contributed by atoms with van der Waals surface area (Å²) in [5.74, 6) is -0.321. The highest BCUT2D eigenvalue weighted by atomic mass is 28.2. The molecule has 0 saturated carbocycles. The summed E-state index contributed by atoms with van der Waals surface area (Å²) < 4.78 is 5.49. The van der Waals surface area contributed by atoms with Crippen LogP contribution < -0.4 is 0 Å². The molecule has 0 saturated heterocycles. The van der Waals surface area contributed by atoms with E-state index in [0.717, 1.165) is 18.9 Å². The molecule has 1 heterocycles. The molecule has 0 N–H and O–H groups in total. The monoisotopic (exact) mass is 289 g/mol. The number of benzene rings is 1. The molecule has 0 spiro atoms. The van der Waals surface area contributed by atoms with Crippen molar-refractivity contribution >= 4 is 21.6 Å². The van der Waals surface area contributed by atoms with E-state index >= 15 is 0 Å². The fourth-order valence-electron chi connectivity index (χ4n) is 2.13. The number of hydrogen-bond acceptors (Lipinski definition) is 3. The first kappa shape index (κ1) is 14.9. The van der Waals surface area contributed by atoms with Gasteiger partial charge in [-0.3, -0.25) is 14.5 Å². The van der Waals surface area contributed by atoms with Gasteiger partial charge in [-0.2, -0.15) is 0 Å². The first-order chi connectivity index (χ1) is 9.61. The lowest BCUT2D eigenvalue weighted by molar-refractivity contribution is 0.0652. The maximum atomic E-state index is 12.1. The molecular weight excluding hydrogens is 270 g/mol. The summed E-state index contributed by atoms with van der Waals surface area (Å²) in [7, 11) is 0.500. The smallest absolute Gasteiger partial charge is 0.261 e. The van der Waals surface area contributed by atoms with Crippen molar-refractivity contribution in [1.29, 1.82) is 0 Å². The van der Waals surface area contributed by atoms with Crippen LogP contribution in [0, 0.1) is 0 Å². The number of unbranched alkanes of at least 4 members (excludes halogenated alkanes) is 1. The number of carbonyl (C=O) groups is 2. The van der Waals surface area contributed by atoms with E-state index in [-0.39, 0.29) is 17.9 Å². The van der Waals surface area contributed by atoms with Crippen LogP contribution in [0.2, 0.25) is 6.04 Å². The highest BCUT2D eigenvalue weighted by molar-refractivity contribution is 6.27. The zero-order chi connectivity index (χ0) is 14.5. The third-order valence-corrected chi connectivity index (χ3v) is 4.30. The summed E-state index contributed by atoms with van der Waals surface area (Å²) in [5, 5.41) is 0. The van der Waals surface area contributed by atoms with Gasteiger partial charge in [-0.15, -0.1) is 0 Å². The van der Waals surface area contributed by atoms with Gasteiger partial charge in [-0.05, 0) is 38.4 Å². The van der Waals surface area contributed by atoms with Gasteiger partial charge in [0.2, 0.25) is 9.76 Å². The lowest BCUT2D eigenvalue weighted by Crippen LogP contribution is -2.30. The third-order valence-electron chi connectivity index (χ3n) is 3.11. The van der Waals surface area contributed by atoms with Crippen LogP contribution in [0.1, 0.15) is 47.4 Å². The van der Waals surface area contributed by atoms with Crippen molar-refractivity contribution in [3.8, 4) is 0 Å². The van der Waals surface area contributed by atoms with Crippen LogP contribution in [-0.2, 0) is 4.43 Å². The van der Waals surface area contributed by atoms with Crippen molar-refractivity contribution in [1.82, 2.24) is 4.90 Å². The molecule has 1 aliphatic heterocycles. The number of fused-ring (bicyclic) bond motifs is 1. The molecule has 20 heavy (non-hydrogen) atoms. The molecule has 0 unspecified atom stereocenters. The summed E-state index contributed by atoms with van der Waals surface area (Å²) in [5.41, 5.74) is 1.06. The molecule has 0 aliphatic carbocycles. The standard InChI is InChI=1S/C15H19NO3Si/c1-11(2)19-20-10-6-5-9-16-14(17)12-7-3-4-8-13(12)15(16)18/h3-4,7-8,11H,5-6,9-10H2,1-2H3. The predicted molar refractivity (Wildman–Crippen MR) is 77.8 cm³/mol. The van der Waals surface area contributed by atoms with Crippen molar-refractivity contribution in [2.45, 2.75) is 38.8 Å². The molecule has 106 valence electrons. The van der Waals surface area contributed by atoms with Crippen molar-refractivity contribution in [2.75, 3.05) is 6.54 Å². The SMILES string of the molecule is CC(C)O[Si]CCCCN1C(=O)c2ccccc2C1=O. The normalized spacial score (nSPS) is 14.2. The van der Waals surface area contributed by atoms with Gasteiger partial charge in [0, 0.05) is 12.6 Å². The molecule has 0 atom stereocenters. The molecular formula is C15H19NO3Si. The lowest BCUT2D eigenvalue weighted by atomic mass is 10.1. The van der Waals surface area contributed by atoms with Gasteiger partial charge >= 0.3 is 0 Å². The second-order valence-corrected chi connectivity index (χ2v) is 6.10. The van der Waals surface area contributed by atoms with Gasteiger partial charge < -0.3 is 4.43 Å². The Morgan fingerprint density at radius 2 is 1.70 bits per heavy atom. The van der Waals surface area contributed by atoms with Gasteiger partial charge in [-0.25, -0.2) is 0 Å². The molecule has 0 aromatic heterocycles. The highest BCUT2D eigenvalue weighted by Crippen LogP contribution is 2.22. The number of hydrogen-bond donors (Lipinski definition) is 0. The quantitative estimate of drug-likeness (QED) is 0.440. The summed E-state index contributed by atoms with van der Waals surface area (Å²) in [6.45, 7) is 4.54. The average Bonchev–Trinajstić information content (AvgIpc) is 2.67. The number of amides is 2. The molecule has 1 aromatic rings. The zero-order valence-corrected chi connectivity index (χ0v) is 12.9. The summed E-state index contributed by atoms with van der Waals surface area (Å²) >= 11 is 0. The molecule has 2 amide bonds. The second kappa shape index (κ2) is 6.81. The Bertz CT molecular complexity index is 467. The van der Waals surface area contributed by atoms with Crippen molar-refractivity contribution in [2.24, 2.45) is 0 Å². The van der Waals surface area contributed by atoms with Crippen LogP contribution in [0.5, 0.6) is 0 Å². The number of imide groups is 1. The van der Waals surface area contributed by atoms with Gasteiger partial charge in [0.25, 0.3) is 11.8 Å². The Kier molecular flexibility index (Phi) is 5.09. The van der Waals surface area contributed by atoms with Crippen LogP contribution in [0.15, 0.2) is 24.3 Å². The Morgan fingerprint density at radius 1 is 1.10 bits per heavy atom. The van der Waals surface area contributed by atoms with E-state index < -0.39 is 0 Å². The summed E-state index contributed by atoms with van der Waals surface area (Å²) in [4.78, 5) is 25.6. The van der Waals surface area contributed by atoms with Crippen LogP contribution in [-0.4, -0.2) is 39.1 Å². The Balaban J connectivity index is 1.78. The minimum absolute atomic E-state index is 0.161. The summed E-state index contributed by atoms with van der Waals surface area (Å²) in [6.07, 6.45) is 2.07. The van der Waals surface area contributed by atoms with Gasteiger partial charge in [0.05, 0.1) is 11.1 Å². The van der Waals surface area contributed by atoms with Crippen molar-refractivity contribution in [3.63, 3.8) is 0 Å². The van der Waals surface area contributed by atoms with Gasteiger partial charge in [-0.1, -0.05) is 18.6 Å². The van der Waals surface area contributed by atoms with Crippen LogP contribution in [0.25, 0.3) is 0 Å². The molecule has 1 aliphatic rings. The Hall–Kier alpha value is -1.46. The second-order valence-electron chi connectivity index (χ2n) is 5.08. The number of nitrogens with zero attached hydrogens (tertiary/aromatic N) is 1. The van der Waals surface area contributed by atoms with Crippen molar-refractivity contribution in [3.05, 3.63) is 35.4 Å². The molecule has 0 bridgehead atoms. The van der Waals surface area contributed by atoms with E-state index in [1.807, 2.05) is 13.8 Å². The third kappa shape index (κ3) is 3.35. The van der Waals surface area contributed by atoms with Gasteiger partial charge in [0.15, 0.2) is 0 Å². The van der Waals surface area contributed by atoms with Crippen LogP contribution in [0.3, 0.4) is 0 Å². The molecule has 2 radical (unpaired) electrons. The fourth-order valence-corrected chi connectivity index (χ4v) is 2.98. The minimum atomic E-state index is -0.161. The van der Waals surface area contributed by atoms with E-state index in [2.05, 4.69) is 0 Å². The molecule has 0 fully saturated rings.